The summed E-state index contributed by atoms with van der Waals surface area (Å²) < 4.78 is 11.9. The van der Waals surface area contributed by atoms with Gasteiger partial charge in [-0.25, -0.2) is 0 Å². The zero-order valence-electron chi connectivity index (χ0n) is 16.8. The largest absolute Gasteiger partial charge is 0.468 e. The van der Waals surface area contributed by atoms with Crippen LogP contribution in [0.1, 0.15) is 22.8 Å². The van der Waals surface area contributed by atoms with E-state index in [1.54, 1.807) is 12.5 Å². The number of nitrogens with zero attached hydrogens (tertiary/aromatic N) is 3. The number of amides is 1. The van der Waals surface area contributed by atoms with Crippen LogP contribution in [0.3, 0.4) is 0 Å². The minimum atomic E-state index is -0.900. The summed E-state index contributed by atoms with van der Waals surface area (Å²) in [4.78, 5) is 22.3. The van der Waals surface area contributed by atoms with Crippen LogP contribution in [0.2, 0.25) is 0 Å². The molecule has 2 fully saturated rings. The maximum Gasteiger partial charge on any atom is 0.257 e. The van der Waals surface area contributed by atoms with Gasteiger partial charge in [-0.05, 0) is 29.3 Å². The highest BCUT2D eigenvalue weighted by Crippen LogP contribution is 2.42. The van der Waals surface area contributed by atoms with Crippen LogP contribution in [0.4, 0.5) is 0 Å². The van der Waals surface area contributed by atoms with E-state index in [4.69, 9.17) is 9.15 Å². The average Bonchev–Trinajstić information content (AvgIpc) is 3.42. The molecule has 1 amide bonds. The maximum absolute atomic E-state index is 13.8. The van der Waals surface area contributed by atoms with Crippen molar-refractivity contribution in [2.24, 2.45) is 0 Å². The molecule has 0 radical (unpaired) electrons. The van der Waals surface area contributed by atoms with E-state index in [1.165, 1.54) is 0 Å². The highest BCUT2D eigenvalue weighted by atomic mass is 16.5. The Morgan fingerprint density at radius 2 is 1.97 bits per heavy atom. The Balaban J connectivity index is 1.45. The highest BCUT2D eigenvalue weighted by molar-refractivity contribution is 5.88. The Morgan fingerprint density at radius 3 is 2.73 bits per heavy atom. The van der Waals surface area contributed by atoms with Gasteiger partial charge in [-0.2, -0.15) is 0 Å². The summed E-state index contributed by atoms with van der Waals surface area (Å²) in [6, 6.07) is 18.0. The number of furan rings is 1. The molecule has 30 heavy (non-hydrogen) atoms. The molecule has 0 aliphatic carbocycles. The summed E-state index contributed by atoms with van der Waals surface area (Å²) in [7, 11) is 0. The smallest absolute Gasteiger partial charge is 0.257 e. The third kappa shape index (κ3) is 3.53. The third-order valence-corrected chi connectivity index (χ3v) is 6.09. The second kappa shape index (κ2) is 8.05. The zero-order valence-corrected chi connectivity index (χ0v) is 16.8. The van der Waals surface area contributed by atoms with E-state index in [-0.39, 0.29) is 11.8 Å². The molecule has 2 atom stereocenters. The van der Waals surface area contributed by atoms with E-state index >= 15 is 0 Å². The molecule has 0 saturated carbocycles. The van der Waals surface area contributed by atoms with E-state index in [0.717, 1.165) is 23.4 Å². The summed E-state index contributed by atoms with van der Waals surface area (Å²) in [6.07, 6.45) is 5.30. The first-order chi connectivity index (χ1) is 14.7. The van der Waals surface area contributed by atoms with Gasteiger partial charge in [0, 0.05) is 44.5 Å². The minimum Gasteiger partial charge on any atom is -0.468 e. The first-order valence-electron chi connectivity index (χ1n) is 10.4. The van der Waals surface area contributed by atoms with Gasteiger partial charge >= 0.3 is 0 Å². The predicted octanol–water partition coefficient (Wildman–Crippen LogP) is 3.07. The van der Waals surface area contributed by atoms with Crippen LogP contribution < -0.4 is 0 Å². The highest BCUT2D eigenvalue weighted by Gasteiger charge is 2.57. The molecule has 3 aromatic rings. The van der Waals surface area contributed by atoms with Crippen molar-refractivity contribution < 1.29 is 13.9 Å². The molecule has 1 spiro atoms. The topological polar surface area (TPSA) is 58.8 Å². The Kier molecular flexibility index (Phi) is 5.11. The van der Waals surface area contributed by atoms with Crippen molar-refractivity contribution in [3.8, 4) is 0 Å². The first kappa shape index (κ1) is 19.0. The lowest BCUT2D eigenvalue weighted by molar-refractivity contribution is -0.173. The third-order valence-electron chi connectivity index (χ3n) is 6.09. The number of benzene rings is 1. The van der Waals surface area contributed by atoms with Crippen molar-refractivity contribution >= 4 is 5.91 Å². The van der Waals surface area contributed by atoms with Gasteiger partial charge in [0.15, 0.2) is 5.60 Å². The van der Waals surface area contributed by atoms with Crippen LogP contribution in [0.5, 0.6) is 0 Å². The Hall–Kier alpha value is -2.96. The van der Waals surface area contributed by atoms with Gasteiger partial charge in [0.1, 0.15) is 5.76 Å². The lowest BCUT2D eigenvalue weighted by Gasteiger charge is -2.42. The summed E-state index contributed by atoms with van der Waals surface area (Å²) in [6.45, 7) is 3.65. The number of hydrogen-bond acceptors (Lipinski definition) is 5. The first-order valence-corrected chi connectivity index (χ1v) is 10.4. The molecular weight excluding hydrogens is 378 g/mol. The monoisotopic (exact) mass is 403 g/mol. The van der Waals surface area contributed by atoms with Crippen molar-refractivity contribution in [2.75, 3.05) is 26.2 Å². The molecule has 2 aliphatic heterocycles. The Bertz CT molecular complexity index is 977. The number of carbonyl (C=O) groups is 1. The maximum atomic E-state index is 13.8. The number of morpholine rings is 1. The lowest BCUT2D eigenvalue weighted by atomic mass is 9.83. The number of likely N-dealkylation sites (tertiary alicyclic amines) is 1. The molecule has 2 aliphatic rings. The second-order valence-electron chi connectivity index (χ2n) is 8.04. The van der Waals surface area contributed by atoms with Crippen LogP contribution in [0.15, 0.2) is 77.7 Å². The van der Waals surface area contributed by atoms with E-state index in [9.17, 15) is 4.79 Å². The molecule has 0 unspecified atom stereocenters. The van der Waals surface area contributed by atoms with E-state index < -0.39 is 5.60 Å². The van der Waals surface area contributed by atoms with Crippen LogP contribution in [0.25, 0.3) is 0 Å². The van der Waals surface area contributed by atoms with Gasteiger partial charge in [-0.3, -0.25) is 14.7 Å². The number of rotatable bonds is 5. The molecule has 6 heteroatoms. The molecule has 0 bridgehead atoms. The SMILES string of the molecule is O=C1N(Cc2ccccc2)CCO[C@]12CN(Cc1ccco1)C[C@H]2c1cccnc1. The van der Waals surface area contributed by atoms with Crippen LogP contribution >= 0.6 is 0 Å². The Labute approximate surface area is 176 Å². The van der Waals surface area contributed by atoms with E-state index in [0.29, 0.717) is 32.8 Å². The molecule has 6 nitrogen and oxygen atoms in total. The molecule has 154 valence electrons. The van der Waals surface area contributed by atoms with E-state index in [1.807, 2.05) is 53.6 Å². The number of aromatic nitrogens is 1. The second-order valence-corrected chi connectivity index (χ2v) is 8.04. The van der Waals surface area contributed by atoms with Gasteiger partial charge in [0.2, 0.25) is 0 Å². The van der Waals surface area contributed by atoms with Crippen molar-refractivity contribution in [1.29, 1.82) is 0 Å². The molecule has 4 heterocycles. The molecule has 0 N–H and O–H groups in total. The summed E-state index contributed by atoms with van der Waals surface area (Å²) in [5, 5.41) is 0. The standard InChI is InChI=1S/C24H25N3O3/c28-23-24(30-13-11-27(23)15-19-6-2-1-3-7-19)18-26(16-21-9-5-12-29-21)17-22(24)20-8-4-10-25-14-20/h1-10,12,14,22H,11,13,15-18H2/t22-,24-/m0/s1. The summed E-state index contributed by atoms with van der Waals surface area (Å²) in [5.74, 6) is 0.877. The van der Waals surface area contributed by atoms with Gasteiger partial charge in [-0.1, -0.05) is 36.4 Å². The predicted molar refractivity (Wildman–Crippen MR) is 112 cm³/mol. The van der Waals surface area contributed by atoms with Gasteiger partial charge < -0.3 is 14.1 Å². The van der Waals surface area contributed by atoms with Crippen LogP contribution in [-0.4, -0.2) is 52.5 Å². The lowest BCUT2D eigenvalue weighted by Crippen LogP contribution is -2.59. The summed E-state index contributed by atoms with van der Waals surface area (Å²) >= 11 is 0. The zero-order chi connectivity index (χ0) is 20.4. The molecule has 1 aromatic carbocycles. The molecule has 2 saturated heterocycles. The normalized spacial score (nSPS) is 24.6. The van der Waals surface area contributed by atoms with Crippen molar-refractivity contribution in [3.05, 3.63) is 90.1 Å². The minimum absolute atomic E-state index is 0.0633. The van der Waals surface area contributed by atoms with Gasteiger partial charge in [0.05, 0.1) is 19.4 Å². The number of ether oxygens (including phenoxy) is 1. The van der Waals surface area contributed by atoms with Crippen molar-refractivity contribution in [2.45, 2.75) is 24.6 Å². The van der Waals surface area contributed by atoms with Crippen molar-refractivity contribution in [1.82, 2.24) is 14.8 Å². The number of carbonyl (C=O) groups excluding carboxylic acids is 1. The fourth-order valence-electron chi connectivity index (χ4n) is 4.70. The number of pyridine rings is 1. The van der Waals surface area contributed by atoms with Crippen molar-refractivity contribution in [3.63, 3.8) is 0 Å². The fraction of sp³-hybridized carbons (Fsp3) is 0.333. The van der Waals surface area contributed by atoms with Gasteiger partial charge in [-0.15, -0.1) is 0 Å². The average molecular weight is 403 g/mol. The van der Waals surface area contributed by atoms with Gasteiger partial charge in [0.25, 0.3) is 5.91 Å². The molecular formula is C24H25N3O3. The number of hydrogen-bond donors (Lipinski definition) is 0. The fourth-order valence-corrected chi connectivity index (χ4v) is 4.70. The van der Waals surface area contributed by atoms with Crippen LogP contribution in [-0.2, 0) is 22.6 Å². The Morgan fingerprint density at radius 1 is 1.07 bits per heavy atom. The van der Waals surface area contributed by atoms with E-state index in [2.05, 4.69) is 22.0 Å². The quantitative estimate of drug-likeness (QED) is 0.655. The summed E-state index contributed by atoms with van der Waals surface area (Å²) in [5.41, 5.74) is 1.27. The molecule has 2 aromatic heterocycles. The molecule has 5 rings (SSSR count). The van der Waals surface area contributed by atoms with Crippen LogP contribution in [0, 0.1) is 0 Å².